The van der Waals surface area contributed by atoms with Crippen LogP contribution in [0.25, 0.3) is 22.5 Å². The van der Waals surface area contributed by atoms with Gasteiger partial charge in [-0.15, -0.1) is 0 Å². The lowest BCUT2D eigenvalue weighted by Gasteiger charge is -2.32. The molecule has 1 fully saturated rings. The molecule has 5 heteroatoms. The van der Waals surface area contributed by atoms with Crippen molar-refractivity contribution in [3.63, 3.8) is 0 Å². The molecule has 5 nitrogen and oxygen atoms in total. The van der Waals surface area contributed by atoms with Gasteiger partial charge < -0.3 is 4.74 Å². The highest BCUT2D eigenvalue weighted by Gasteiger charge is 2.25. The molecule has 0 aliphatic carbocycles. The molecule has 5 rings (SSSR count). The zero-order valence-corrected chi connectivity index (χ0v) is 19.8. The first kappa shape index (κ1) is 22.2. The van der Waals surface area contributed by atoms with Gasteiger partial charge in [0, 0.05) is 42.2 Å². The Hall–Kier alpha value is -3.57. The van der Waals surface area contributed by atoms with Gasteiger partial charge in [-0.1, -0.05) is 42.0 Å². The standard InChI is InChI=1S/C29H30N4O/c1-21-4-3-5-25(18-21)27-19-31-29(24-10-14-30-15-11-24)32-28(27)23-12-16-33(17-13-23)20-22-6-8-26(34-2)9-7-22/h3-11,14-15,18-19,23H,12-13,16-17,20H2,1-2H3. The molecule has 0 bridgehead atoms. The number of pyridine rings is 1. The van der Waals surface area contributed by atoms with Crippen LogP contribution in [0.15, 0.2) is 79.3 Å². The third-order valence-corrected chi connectivity index (χ3v) is 6.63. The molecule has 0 radical (unpaired) electrons. The van der Waals surface area contributed by atoms with Crippen LogP contribution in [0.4, 0.5) is 0 Å². The first-order valence-electron chi connectivity index (χ1n) is 11.9. The number of aryl methyl sites for hydroxylation is 1. The summed E-state index contributed by atoms with van der Waals surface area (Å²) in [4.78, 5) is 16.5. The highest BCUT2D eigenvalue weighted by atomic mass is 16.5. The van der Waals surface area contributed by atoms with E-state index in [1.54, 1.807) is 19.5 Å². The maximum atomic E-state index is 5.29. The van der Waals surface area contributed by atoms with Crippen molar-refractivity contribution < 1.29 is 4.74 Å². The lowest BCUT2D eigenvalue weighted by Crippen LogP contribution is -2.33. The van der Waals surface area contributed by atoms with Gasteiger partial charge in [-0.25, -0.2) is 9.97 Å². The molecule has 34 heavy (non-hydrogen) atoms. The molecule has 0 amide bonds. The lowest BCUT2D eigenvalue weighted by atomic mass is 9.88. The average Bonchev–Trinajstić information content (AvgIpc) is 2.90. The summed E-state index contributed by atoms with van der Waals surface area (Å²) in [5, 5.41) is 0. The number of hydrogen-bond acceptors (Lipinski definition) is 5. The van der Waals surface area contributed by atoms with Crippen molar-refractivity contribution >= 4 is 0 Å². The topological polar surface area (TPSA) is 51.1 Å². The number of nitrogens with zero attached hydrogens (tertiary/aromatic N) is 4. The van der Waals surface area contributed by atoms with E-state index in [0.29, 0.717) is 5.92 Å². The summed E-state index contributed by atoms with van der Waals surface area (Å²) in [6, 6.07) is 21.0. The monoisotopic (exact) mass is 450 g/mol. The van der Waals surface area contributed by atoms with Crippen LogP contribution in [0.1, 0.15) is 35.6 Å². The van der Waals surface area contributed by atoms with E-state index in [1.165, 1.54) is 16.7 Å². The molecule has 0 atom stereocenters. The van der Waals surface area contributed by atoms with E-state index in [4.69, 9.17) is 14.7 Å². The van der Waals surface area contributed by atoms with Crippen molar-refractivity contribution in [2.24, 2.45) is 0 Å². The smallest absolute Gasteiger partial charge is 0.159 e. The van der Waals surface area contributed by atoms with Crippen LogP contribution in [0.5, 0.6) is 5.75 Å². The Morgan fingerprint density at radius 2 is 1.71 bits per heavy atom. The van der Waals surface area contributed by atoms with E-state index in [-0.39, 0.29) is 0 Å². The quantitative estimate of drug-likeness (QED) is 0.366. The number of hydrogen-bond donors (Lipinski definition) is 0. The molecule has 1 aliphatic heterocycles. The molecule has 0 unspecified atom stereocenters. The number of rotatable bonds is 6. The maximum Gasteiger partial charge on any atom is 0.159 e. The van der Waals surface area contributed by atoms with Crippen molar-refractivity contribution in [1.82, 2.24) is 19.9 Å². The van der Waals surface area contributed by atoms with Gasteiger partial charge in [0.25, 0.3) is 0 Å². The minimum atomic E-state index is 0.409. The Morgan fingerprint density at radius 3 is 2.41 bits per heavy atom. The van der Waals surface area contributed by atoms with Crippen molar-refractivity contribution in [2.45, 2.75) is 32.2 Å². The van der Waals surface area contributed by atoms with E-state index in [2.05, 4.69) is 53.2 Å². The van der Waals surface area contributed by atoms with Gasteiger partial charge in [0.1, 0.15) is 5.75 Å². The van der Waals surface area contributed by atoms with E-state index in [9.17, 15) is 0 Å². The highest BCUT2D eigenvalue weighted by Crippen LogP contribution is 2.35. The third kappa shape index (κ3) is 5.00. The molecule has 3 heterocycles. The van der Waals surface area contributed by atoms with E-state index >= 15 is 0 Å². The molecule has 0 N–H and O–H groups in total. The van der Waals surface area contributed by atoms with E-state index < -0.39 is 0 Å². The minimum Gasteiger partial charge on any atom is -0.497 e. The van der Waals surface area contributed by atoms with Gasteiger partial charge in [-0.2, -0.15) is 0 Å². The second kappa shape index (κ2) is 10.1. The zero-order valence-electron chi connectivity index (χ0n) is 19.8. The molecule has 2 aromatic carbocycles. The molecule has 1 aliphatic rings. The molecule has 0 saturated carbocycles. The van der Waals surface area contributed by atoms with E-state index in [1.807, 2.05) is 30.5 Å². The fourth-order valence-electron chi connectivity index (χ4n) is 4.73. The SMILES string of the molecule is COc1ccc(CN2CCC(c3nc(-c4ccncc4)ncc3-c3cccc(C)c3)CC2)cc1. The van der Waals surface area contributed by atoms with Crippen molar-refractivity contribution in [3.05, 3.63) is 96.1 Å². The number of methoxy groups -OCH3 is 1. The predicted octanol–water partition coefficient (Wildman–Crippen LogP) is 5.90. The Balaban J connectivity index is 1.39. The van der Waals surface area contributed by atoms with Crippen LogP contribution in [0.2, 0.25) is 0 Å². The summed E-state index contributed by atoms with van der Waals surface area (Å²) in [6.45, 7) is 5.21. The number of ether oxygens (including phenoxy) is 1. The van der Waals surface area contributed by atoms with Gasteiger partial charge >= 0.3 is 0 Å². The number of piperidine rings is 1. The van der Waals surface area contributed by atoms with Gasteiger partial charge in [0.2, 0.25) is 0 Å². The van der Waals surface area contributed by atoms with Crippen molar-refractivity contribution in [1.29, 1.82) is 0 Å². The first-order chi connectivity index (χ1) is 16.7. The average molecular weight is 451 g/mol. The van der Waals surface area contributed by atoms with Gasteiger partial charge in [-0.3, -0.25) is 9.88 Å². The summed E-state index contributed by atoms with van der Waals surface area (Å²) in [7, 11) is 1.71. The normalized spacial score (nSPS) is 14.8. The Kier molecular flexibility index (Phi) is 6.63. The number of benzene rings is 2. The zero-order chi connectivity index (χ0) is 23.3. The van der Waals surface area contributed by atoms with E-state index in [0.717, 1.165) is 60.9 Å². The Labute approximate surface area is 201 Å². The number of aromatic nitrogens is 3. The van der Waals surface area contributed by atoms with Crippen LogP contribution in [-0.2, 0) is 6.54 Å². The van der Waals surface area contributed by atoms with Gasteiger partial charge in [0.15, 0.2) is 5.82 Å². The first-order valence-corrected chi connectivity index (χ1v) is 11.9. The van der Waals surface area contributed by atoms with Crippen LogP contribution in [0, 0.1) is 6.92 Å². The summed E-state index contributed by atoms with van der Waals surface area (Å²) in [5.41, 5.74) is 7.07. The predicted molar refractivity (Wildman–Crippen MR) is 136 cm³/mol. The van der Waals surface area contributed by atoms with Crippen LogP contribution < -0.4 is 4.74 Å². The summed E-state index contributed by atoms with van der Waals surface area (Å²) in [6.07, 6.45) is 7.77. The second-order valence-corrected chi connectivity index (χ2v) is 9.00. The van der Waals surface area contributed by atoms with Crippen LogP contribution in [-0.4, -0.2) is 40.1 Å². The molecule has 4 aromatic rings. The maximum absolute atomic E-state index is 5.29. The summed E-state index contributed by atoms with van der Waals surface area (Å²) in [5.74, 6) is 2.08. The lowest BCUT2D eigenvalue weighted by molar-refractivity contribution is 0.203. The molecule has 2 aromatic heterocycles. The molecular weight excluding hydrogens is 420 g/mol. The Morgan fingerprint density at radius 1 is 0.941 bits per heavy atom. The Bertz CT molecular complexity index is 1230. The van der Waals surface area contributed by atoms with Gasteiger partial charge in [0.05, 0.1) is 12.8 Å². The summed E-state index contributed by atoms with van der Waals surface area (Å²) < 4.78 is 5.29. The third-order valence-electron chi connectivity index (χ3n) is 6.63. The molecule has 1 saturated heterocycles. The summed E-state index contributed by atoms with van der Waals surface area (Å²) >= 11 is 0. The molecule has 172 valence electrons. The largest absolute Gasteiger partial charge is 0.497 e. The second-order valence-electron chi connectivity index (χ2n) is 9.00. The highest BCUT2D eigenvalue weighted by molar-refractivity contribution is 5.68. The number of likely N-dealkylation sites (tertiary alicyclic amines) is 1. The molecular formula is C29H30N4O. The molecule has 0 spiro atoms. The fourth-order valence-corrected chi connectivity index (χ4v) is 4.73. The van der Waals surface area contributed by atoms with Crippen LogP contribution >= 0.6 is 0 Å². The van der Waals surface area contributed by atoms with Crippen molar-refractivity contribution in [3.8, 4) is 28.3 Å². The minimum absolute atomic E-state index is 0.409. The van der Waals surface area contributed by atoms with Gasteiger partial charge in [-0.05, 0) is 68.2 Å². The van der Waals surface area contributed by atoms with Crippen molar-refractivity contribution in [2.75, 3.05) is 20.2 Å². The fraction of sp³-hybridized carbons (Fsp3) is 0.276. The van der Waals surface area contributed by atoms with Crippen LogP contribution in [0.3, 0.4) is 0 Å².